The van der Waals surface area contributed by atoms with Crippen molar-refractivity contribution < 1.29 is 4.79 Å². The van der Waals surface area contributed by atoms with Gasteiger partial charge < -0.3 is 0 Å². The topological polar surface area (TPSA) is 17.1 Å². The number of carbonyl (C=O) groups excluding carboxylic acids is 1. The molecule has 0 aliphatic rings. The fourth-order valence-corrected chi connectivity index (χ4v) is 2.49. The van der Waals surface area contributed by atoms with E-state index in [2.05, 4.69) is 0 Å². The zero-order valence-corrected chi connectivity index (χ0v) is 11.9. The molecule has 0 unspecified atom stereocenters. The first-order valence-corrected chi connectivity index (χ1v) is 6.44. The Bertz CT molecular complexity index is 623. The summed E-state index contributed by atoms with van der Waals surface area (Å²) in [5, 5.41) is 1.43. The third kappa shape index (κ3) is 2.50. The van der Waals surface area contributed by atoms with Crippen LogP contribution in [0.3, 0.4) is 0 Å². The fraction of sp³-hybridized carbons (Fsp3) is 0. The van der Waals surface area contributed by atoms with Gasteiger partial charge in [0.25, 0.3) is 0 Å². The highest BCUT2D eigenvalue weighted by Crippen LogP contribution is 2.40. The van der Waals surface area contributed by atoms with E-state index in [9.17, 15) is 4.79 Å². The maximum Gasteiger partial charge on any atom is 0.150 e. The largest absolute Gasteiger partial charge is 0.298 e. The minimum atomic E-state index is 0.284. The van der Waals surface area contributed by atoms with Crippen molar-refractivity contribution in [1.29, 1.82) is 0 Å². The molecule has 2 aromatic rings. The van der Waals surface area contributed by atoms with E-state index in [1.54, 1.807) is 30.3 Å². The lowest BCUT2D eigenvalue weighted by molar-refractivity contribution is 0.112. The van der Waals surface area contributed by atoms with Gasteiger partial charge in [-0.2, -0.15) is 0 Å². The highest BCUT2D eigenvalue weighted by Gasteiger charge is 2.13. The van der Waals surface area contributed by atoms with Crippen LogP contribution < -0.4 is 0 Å². The van der Waals surface area contributed by atoms with Gasteiger partial charge in [-0.15, -0.1) is 0 Å². The molecular formula is C13H6Cl4O. The number of halogens is 4. The molecule has 0 saturated carbocycles. The molecule has 2 rings (SSSR count). The molecule has 0 fully saturated rings. The smallest absolute Gasteiger partial charge is 0.150 e. The van der Waals surface area contributed by atoms with E-state index < -0.39 is 0 Å². The van der Waals surface area contributed by atoms with E-state index in [1.165, 1.54) is 0 Å². The Labute approximate surface area is 124 Å². The maximum absolute atomic E-state index is 10.6. The summed E-state index contributed by atoms with van der Waals surface area (Å²) in [6.07, 6.45) is 0.728. The summed E-state index contributed by atoms with van der Waals surface area (Å²) in [6, 6.07) is 8.33. The van der Waals surface area contributed by atoms with Crippen LogP contribution in [-0.4, -0.2) is 6.29 Å². The van der Waals surface area contributed by atoms with E-state index >= 15 is 0 Å². The lowest BCUT2D eigenvalue weighted by Crippen LogP contribution is -1.86. The second kappa shape index (κ2) is 5.50. The molecule has 0 atom stereocenters. The quantitative estimate of drug-likeness (QED) is 0.506. The molecule has 0 aliphatic heterocycles. The van der Waals surface area contributed by atoms with Crippen LogP contribution in [0.5, 0.6) is 0 Å². The van der Waals surface area contributed by atoms with Crippen molar-refractivity contribution in [2.24, 2.45) is 0 Å². The molecule has 2 aromatic carbocycles. The summed E-state index contributed by atoms with van der Waals surface area (Å²) in [7, 11) is 0. The van der Waals surface area contributed by atoms with E-state index in [0.717, 1.165) is 6.29 Å². The van der Waals surface area contributed by atoms with Crippen LogP contribution in [0.25, 0.3) is 11.1 Å². The Morgan fingerprint density at radius 2 is 1.44 bits per heavy atom. The Kier molecular flexibility index (Phi) is 4.18. The van der Waals surface area contributed by atoms with Crippen molar-refractivity contribution in [3.8, 4) is 11.1 Å². The van der Waals surface area contributed by atoms with Gasteiger partial charge in [0.05, 0.1) is 15.1 Å². The van der Waals surface area contributed by atoms with E-state index in [-0.39, 0.29) is 5.02 Å². The average Bonchev–Trinajstić information content (AvgIpc) is 2.37. The Balaban J connectivity index is 2.62. The SMILES string of the molecule is O=Cc1ccc(-c2ccc(Cl)c(Cl)c2Cl)c(Cl)c1. The molecule has 0 N–H and O–H groups in total. The standard InChI is InChI=1S/C13H6Cl4O/c14-10-4-3-9(12(16)13(10)17)8-2-1-7(6-18)5-11(8)15/h1-6H. The maximum atomic E-state index is 10.6. The summed E-state index contributed by atoms with van der Waals surface area (Å²) < 4.78 is 0. The summed E-state index contributed by atoms with van der Waals surface area (Å²) in [6.45, 7) is 0. The number of hydrogen-bond donors (Lipinski definition) is 0. The van der Waals surface area contributed by atoms with Crippen LogP contribution >= 0.6 is 46.4 Å². The predicted molar refractivity (Wildman–Crippen MR) is 77.3 cm³/mol. The average molecular weight is 320 g/mol. The van der Waals surface area contributed by atoms with Gasteiger partial charge in [0.15, 0.2) is 0 Å². The van der Waals surface area contributed by atoms with Gasteiger partial charge in [-0.05, 0) is 12.1 Å². The minimum Gasteiger partial charge on any atom is -0.298 e. The van der Waals surface area contributed by atoms with Crippen LogP contribution in [0.2, 0.25) is 20.1 Å². The molecule has 1 nitrogen and oxygen atoms in total. The molecule has 0 saturated heterocycles. The second-order valence-electron chi connectivity index (χ2n) is 3.58. The molecule has 18 heavy (non-hydrogen) atoms. The van der Waals surface area contributed by atoms with Crippen molar-refractivity contribution in [3.05, 3.63) is 56.0 Å². The number of rotatable bonds is 2. The molecule has 0 heterocycles. The van der Waals surface area contributed by atoms with Gasteiger partial charge in [0, 0.05) is 21.7 Å². The van der Waals surface area contributed by atoms with Crippen LogP contribution in [0, 0.1) is 0 Å². The highest BCUT2D eigenvalue weighted by molar-refractivity contribution is 6.49. The Morgan fingerprint density at radius 1 is 0.778 bits per heavy atom. The molecule has 0 aromatic heterocycles. The monoisotopic (exact) mass is 318 g/mol. The molecule has 92 valence electrons. The molecule has 0 radical (unpaired) electrons. The first-order valence-electron chi connectivity index (χ1n) is 4.93. The highest BCUT2D eigenvalue weighted by atomic mass is 35.5. The van der Waals surface area contributed by atoms with Crippen molar-refractivity contribution >= 4 is 52.7 Å². The van der Waals surface area contributed by atoms with Crippen molar-refractivity contribution in [2.45, 2.75) is 0 Å². The van der Waals surface area contributed by atoms with Crippen LogP contribution in [0.1, 0.15) is 10.4 Å². The zero-order chi connectivity index (χ0) is 13.3. The third-order valence-electron chi connectivity index (χ3n) is 2.45. The molecule has 5 heteroatoms. The lowest BCUT2D eigenvalue weighted by atomic mass is 10.0. The van der Waals surface area contributed by atoms with Crippen molar-refractivity contribution in [2.75, 3.05) is 0 Å². The molecule has 0 bridgehead atoms. The first-order chi connectivity index (χ1) is 8.54. The third-order valence-corrected chi connectivity index (χ3v) is 4.06. The second-order valence-corrected chi connectivity index (χ2v) is 5.15. The predicted octanol–water partition coefficient (Wildman–Crippen LogP) is 5.78. The molecule has 0 spiro atoms. The van der Waals surface area contributed by atoms with Gasteiger partial charge in [0.1, 0.15) is 6.29 Å². The van der Waals surface area contributed by atoms with E-state index in [1.807, 2.05) is 0 Å². The van der Waals surface area contributed by atoms with Gasteiger partial charge in [-0.1, -0.05) is 64.6 Å². The van der Waals surface area contributed by atoms with Gasteiger partial charge in [0.2, 0.25) is 0 Å². The Hall–Kier alpha value is -0.730. The number of aldehydes is 1. The van der Waals surface area contributed by atoms with E-state index in [4.69, 9.17) is 46.4 Å². The lowest BCUT2D eigenvalue weighted by Gasteiger charge is -2.09. The normalized spacial score (nSPS) is 10.4. The number of benzene rings is 2. The first kappa shape index (κ1) is 13.7. The fourth-order valence-electron chi connectivity index (χ4n) is 1.56. The van der Waals surface area contributed by atoms with Crippen LogP contribution in [0.4, 0.5) is 0 Å². The van der Waals surface area contributed by atoms with E-state index in [0.29, 0.717) is 31.8 Å². The summed E-state index contributed by atoms with van der Waals surface area (Å²) >= 11 is 24.1. The summed E-state index contributed by atoms with van der Waals surface area (Å²) in [5.41, 5.74) is 1.87. The van der Waals surface area contributed by atoms with Crippen LogP contribution in [-0.2, 0) is 0 Å². The van der Waals surface area contributed by atoms with Crippen LogP contribution in [0.15, 0.2) is 30.3 Å². The summed E-state index contributed by atoms with van der Waals surface area (Å²) in [5.74, 6) is 0. The van der Waals surface area contributed by atoms with Crippen molar-refractivity contribution in [1.82, 2.24) is 0 Å². The molecule has 0 amide bonds. The zero-order valence-electron chi connectivity index (χ0n) is 8.88. The molecule has 0 aliphatic carbocycles. The number of carbonyl (C=O) groups is 1. The van der Waals surface area contributed by atoms with Gasteiger partial charge in [-0.3, -0.25) is 4.79 Å². The van der Waals surface area contributed by atoms with Crippen molar-refractivity contribution in [3.63, 3.8) is 0 Å². The minimum absolute atomic E-state index is 0.284. The number of hydrogen-bond acceptors (Lipinski definition) is 1. The Morgan fingerprint density at radius 3 is 2.06 bits per heavy atom. The molecular weight excluding hydrogens is 314 g/mol. The summed E-state index contributed by atoms with van der Waals surface area (Å²) in [4.78, 5) is 10.6. The van der Waals surface area contributed by atoms with Gasteiger partial charge in [-0.25, -0.2) is 0 Å². The van der Waals surface area contributed by atoms with Gasteiger partial charge >= 0.3 is 0 Å².